The van der Waals surface area contributed by atoms with E-state index in [9.17, 15) is 4.79 Å². The lowest BCUT2D eigenvalue weighted by atomic mass is 10.0. The van der Waals surface area contributed by atoms with E-state index in [1.54, 1.807) is 11.3 Å². The third-order valence-corrected chi connectivity index (χ3v) is 5.70. The lowest BCUT2D eigenvalue weighted by molar-refractivity contribution is 0.0934. The number of para-hydroxylation sites is 1. The van der Waals surface area contributed by atoms with Gasteiger partial charge in [0.05, 0.1) is 12.2 Å². The van der Waals surface area contributed by atoms with E-state index in [1.807, 2.05) is 31.2 Å². The van der Waals surface area contributed by atoms with Gasteiger partial charge in [0, 0.05) is 23.5 Å². The van der Waals surface area contributed by atoms with Crippen molar-refractivity contribution in [1.29, 1.82) is 0 Å². The van der Waals surface area contributed by atoms with E-state index < -0.39 is 0 Å². The lowest BCUT2D eigenvalue weighted by Gasteiger charge is -2.28. The summed E-state index contributed by atoms with van der Waals surface area (Å²) in [5, 5.41) is 7.58. The number of hydrogen-bond acceptors (Lipinski definition) is 5. The minimum Gasteiger partial charge on any atom is -0.493 e. The Morgan fingerprint density at radius 1 is 1.33 bits per heavy atom. The van der Waals surface area contributed by atoms with Gasteiger partial charge in [0.2, 0.25) is 0 Å². The molecule has 2 aromatic rings. The Kier molecular flexibility index (Phi) is 3.94. The van der Waals surface area contributed by atoms with Crippen LogP contribution in [0.25, 0.3) is 0 Å². The molecule has 0 radical (unpaired) electrons. The number of fused-ring (bicyclic) bond motifs is 3. The molecular formula is C18H21N3O2S. The first-order valence-corrected chi connectivity index (χ1v) is 9.11. The number of thiophene rings is 1. The first-order valence-electron chi connectivity index (χ1n) is 8.29. The summed E-state index contributed by atoms with van der Waals surface area (Å²) >= 11 is 1.71. The molecule has 1 unspecified atom stereocenters. The highest BCUT2D eigenvalue weighted by Crippen LogP contribution is 2.41. The summed E-state index contributed by atoms with van der Waals surface area (Å²) in [4.78, 5) is 16.4. The number of hydrogen-bond donors (Lipinski definition) is 2. The van der Waals surface area contributed by atoms with E-state index in [1.165, 1.54) is 10.4 Å². The molecule has 0 aliphatic carbocycles. The summed E-state index contributed by atoms with van der Waals surface area (Å²) in [6.07, 6.45) is 0.679. The fourth-order valence-electron chi connectivity index (χ4n) is 3.40. The highest BCUT2D eigenvalue weighted by Gasteiger charge is 2.33. The van der Waals surface area contributed by atoms with Gasteiger partial charge in [-0.3, -0.25) is 4.79 Å². The largest absolute Gasteiger partial charge is 0.493 e. The van der Waals surface area contributed by atoms with Gasteiger partial charge in [0.25, 0.3) is 5.91 Å². The summed E-state index contributed by atoms with van der Waals surface area (Å²) in [6, 6.07) is 7.85. The fourth-order valence-corrected chi connectivity index (χ4v) is 4.76. The van der Waals surface area contributed by atoms with E-state index >= 15 is 0 Å². The van der Waals surface area contributed by atoms with E-state index in [0.717, 1.165) is 41.4 Å². The first-order chi connectivity index (χ1) is 11.7. The second-order valence-electron chi connectivity index (χ2n) is 6.22. The number of benzene rings is 1. The van der Waals surface area contributed by atoms with Gasteiger partial charge >= 0.3 is 0 Å². The van der Waals surface area contributed by atoms with Crippen LogP contribution in [0.3, 0.4) is 0 Å². The maximum Gasteiger partial charge on any atom is 0.256 e. The number of likely N-dealkylation sites (N-methyl/N-ethyl adjacent to an activating group) is 1. The van der Waals surface area contributed by atoms with Crippen molar-refractivity contribution >= 4 is 22.2 Å². The molecule has 24 heavy (non-hydrogen) atoms. The maximum atomic E-state index is 12.8. The second-order valence-corrected chi connectivity index (χ2v) is 7.32. The Morgan fingerprint density at radius 2 is 2.17 bits per heavy atom. The van der Waals surface area contributed by atoms with Crippen molar-refractivity contribution in [3.05, 3.63) is 45.8 Å². The van der Waals surface area contributed by atoms with E-state index in [4.69, 9.17) is 4.74 Å². The normalized spacial score (nSPS) is 19.9. The van der Waals surface area contributed by atoms with Gasteiger partial charge in [-0.1, -0.05) is 18.2 Å². The number of anilines is 1. The lowest BCUT2D eigenvalue weighted by Crippen LogP contribution is -2.38. The van der Waals surface area contributed by atoms with Gasteiger partial charge in [-0.05, 0) is 32.0 Å². The molecule has 2 aliphatic rings. The smallest absolute Gasteiger partial charge is 0.256 e. The van der Waals surface area contributed by atoms with Crippen LogP contribution in [-0.4, -0.2) is 31.0 Å². The van der Waals surface area contributed by atoms with Gasteiger partial charge in [0.15, 0.2) is 0 Å². The van der Waals surface area contributed by atoms with Gasteiger partial charge in [-0.25, -0.2) is 0 Å². The minimum absolute atomic E-state index is 0.0158. The topological polar surface area (TPSA) is 53.6 Å². The molecule has 4 rings (SSSR count). The van der Waals surface area contributed by atoms with E-state index in [2.05, 4.69) is 22.6 Å². The highest BCUT2D eigenvalue weighted by atomic mass is 32.1. The molecule has 2 aliphatic heterocycles. The standard InChI is InChI=1S/C18H21N3O2S/c1-3-23-13-7-5-4-6-11(13)16-19-17(22)15-12-8-9-21(2)10-14(12)24-18(15)20-16/h4-7,16,20H,3,8-10H2,1-2H3,(H,19,22). The highest BCUT2D eigenvalue weighted by molar-refractivity contribution is 7.16. The van der Waals surface area contributed by atoms with Crippen LogP contribution in [0.4, 0.5) is 5.00 Å². The van der Waals surface area contributed by atoms with E-state index in [-0.39, 0.29) is 12.1 Å². The zero-order valence-corrected chi connectivity index (χ0v) is 14.7. The summed E-state index contributed by atoms with van der Waals surface area (Å²) in [7, 11) is 2.12. The number of carbonyl (C=O) groups excluding carboxylic acids is 1. The minimum atomic E-state index is -0.259. The van der Waals surface area contributed by atoms with Gasteiger partial charge in [-0.2, -0.15) is 0 Å². The molecule has 6 heteroatoms. The van der Waals surface area contributed by atoms with Crippen molar-refractivity contribution < 1.29 is 9.53 Å². The van der Waals surface area contributed by atoms with Crippen molar-refractivity contribution in [2.24, 2.45) is 0 Å². The molecule has 0 spiro atoms. The van der Waals surface area contributed by atoms with Crippen LogP contribution in [-0.2, 0) is 13.0 Å². The van der Waals surface area contributed by atoms with Crippen molar-refractivity contribution in [2.75, 3.05) is 25.5 Å². The second kappa shape index (κ2) is 6.11. The van der Waals surface area contributed by atoms with Gasteiger partial charge < -0.3 is 20.3 Å². The molecule has 0 saturated carbocycles. The summed E-state index contributed by atoms with van der Waals surface area (Å²) in [5.41, 5.74) is 3.02. The fraction of sp³-hybridized carbons (Fsp3) is 0.389. The van der Waals surface area contributed by atoms with Crippen molar-refractivity contribution in [3.8, 4) is 5.75 Å². The van der Waals surface area contributed by atoms with E-state index in [0.29, 0.717) is 6.61 Å². The average molecular weight is 343 g/mol. The van der Waals surface area contributed by atoms with Crippen molar-refractivity contribution in [3.63, 3.8) is 0 Å². The number of ether oxygens (including phenoxy) is 1. The van der Waals surface area contributed by atoms with Gasteiger partial charge in [-0.15, -0.1) is 11.3 Å². The van der Waals surface area contributed by atoms with Crippen LogP contribution in [0.15, 0.2) is 24.3 Å². The maximum absolute atomic E-state index is 12.8. The zero-order valence-electron chi connectivity index (χ0n) is 13.9. The molecule has 5 nitrogen and oxygen atoms in total. The third-order valence-electron chi connectivity index (χ3n) is 4.56. The van der Waals surface area contributed by atoms with Crippen LogP contribution in [0.2, 0.25) is 0 Å². The Bertz CT molecular complexity index is 787. The zero-order chi connectivity index (χ0) is 16.7. The molecule has 1 atom stereocenters. The summed E-state index contributed by atoms with van der Waals surface area (Å²) in [6.45, 7) is 4.48. The monoisotopic (exact) mass is 343 g/mol. The Hall–Kier alpha value is -2.05. The number of carbonyl (C=O) groups is 1. The predicted octanol–water partition coefficient (Wildman–Crippen LogP) is 2.99. The molecule has 1 amide bonds. The van der Waals surface area contributed by atoms with Crippen LogP contribution in [0, 0.1) is 0 Å². The molecule has 0 bridgehead atoms. The molecule has 0 saturated heterocycles. The summed E-state index contributed by atoms with van der Waals surface area (Å²) in [5.74, 6) is 0.824. The van der Waals surface area contributed by atoms with Crippen LogP contribution >= 0.6 is 11.3 Å². The van der Waals surface area contributed by atoms with Gasteiger partial charge in [0.1, 0.15) is 16.9 Å². The number of rotatable bonds is 3. The Balaban J connectivity index is 1.69. The van der Waals surface area contributed by atoms with Crippen LogP contribution in [0.5, 0.6) is 5.75 Å². The molecule has 0 fully saturated rings. The quantitative estimate of drug-likeness (QED) is 0.900. The number of nitrogens with zero attached hydrogens (tertiary/aromatic N) is 1. The first kappa shape index (κ1) is 15.5. The Labute approximate surface area is 145 Å². The Morgan fingerprint density at radius 3 is 3.00 bits per heavy atom. The molecule has 2 N–H and O–H groups in total. The SMILES string of the molecule is CCOc1ccccc1C1NC(=O)c2c(sc3c2CCN(C)C3)N1. The molecular weight excluding hydrogens is 322 g/mol. The predicted molar refractivity (Wildman–Crippen MR) is 95.8 cm³/mol. The van der Waals surface area contributed by atoms with Crippen LogP contribution < -0.4 is 15.4 Å². The number of nitrogens with one attached hydrogen (secondary N) is 2. The molecule has 1 aromatic carbocycles. The number of amides is 1. The van der Waals surface area contributed by atoms with Crippen LogP contribution in [0.1, 0.15) is 39.5 Å². The average Bonchev–Trinajstić information content (AvgIpc) is 2.93. The third kappa shape index (κ3) is 2.56. The van der Waals surface area contributed by atoms with Crippen molar-refractivity contribution in [2.45, 2.75) is 26.1 Å². The molecule has 1 aromatic heterocycles. The molecule has 3 heterocycles. The molecule has 126 valence electrons. The van der Waals surface area contributed by atoms with Crippen molar-refractivity contribution in [1.82, 2.24) is 10.2 Å². The summed E-state index contributed by atoms with van der Waals surface area (Å²) < 4.78 is 5.71.